The fourth-order valence-corrected chi connectivity index (χ4v) is 1.62. The molecule has 18 heavy (non-hydrogen) atoms. The molecule has 5 nitrogen and oxygen atoms in total. The van der Waals surface area contributed by atoms with Crippen LogP contribution in [0.4, 0.5) is 5.69 Å². The molecule has 0 heterocycles. The number of ether oxygens (including phenoxy) is 3. The van der Waals surface area contributed by atoms with Crippen LogP contribution >= 0.6 is 15.9 Å². The van der Waals surface area contributed by atoms with E-state index in [0.717, 1.165) is 0 Å². The van der Waals surface area contributed by atoms with Crippen molar-refractivity contribution in [2.45, 2.75) is 0 Å². The molecule has 0 fully saturated rings. The van der Waals surface area contributed by atoms with Crippen molar-refractivity contribution in [3.05, 3.63) is 28.2 Å². The Morgan fingerprint density at radius 2 is 2.00 bits per heavy atom. The van der Waals surface area contributed by atoms with E-state index in [2.05, 4.69) is 15.9 Å². The van der Waals surface area contributed by atoms with E-state index in [9.17, 15) is 4.79 Å². The zero-order valence-electron chi connectivity index (χ0n) is 10.1. The second-order valence-electron chi connectivity index (χ2n) is 3.48. The van der Waals surface area contributed by atoms with E-state index in [1.165, 1.54) is 0 Å². The predicted molar refractivity (Wildman–Crippen MR) is 71.5 cm³/mol. The van der Waals surface area contributed by atoms with Gasteiger partial charge in [0.2, 0.25) is 0 Å². The fraction of sp³-hybridized carbons (Fsp3) is 0.417. The van der Waals surface area contributed by atoms with Gasteiger partial charge in [-0.3, -0.25) is 0 Å². The lowest BCUT2D eigenvalue weighted by Gasteiger charge is -2.07. The highest BCUT2D eigenvalue weighted by Gasteiger charge is 2.11. The second-order valence-corrected chi connectivity index (χ2v) is 4.33. The van der Waals surface area contributed by atoms with E-state index < -0.39 is 5.97 Å². The summed E-state index contributed by atoms with van der Waals surface area (Å²) < 4.78 is 15.7. The molecule has 1 rings (SSSR count). The third-order valence-electron chi connectivity index (χ3n) is 2.10. The van der Waals surface area contributed by atoms with Crippen LogP contribution in [0.1, 0.15) is 10.4 Å². The van der Waals surface area contributed by atoms with Gasteiger partial charge in [0, 0.05) is 17.3 Å². The normalized spacial score (nSPS) is 10.3. The average Bonchev–Trinajstić information content (AvgIpc) is 2.36. The molecule has 0 saturated heterocycles. The molecular weight excluding hydrogens is 302 g/mol. The Balaban J connectivity index is 2.34. The summed E-state index contributed by atoms with van der Waals surface area (Å²) in [4.78, 5) is 11.7. The van der Waals surface area contributed by atoms with Crippen LogP contribution < -0.4 is 5.73 Å². The Morgan fingerprint density at radius 1 is 1.28 bits per heavy atom. The number of esters is 1. The minimum Gasteiger partial charge on any atom is -0.460 e. The number of benzene rings is 1. The molecule has 0 aliphatic carbocycles. The van der Waals surface area contributed by atoms with Gasteiger partial charge < -0.3 is 19.9 Å². The summed E-state index contributed by atoms with van der Waals surface area (Å²) >= 11 is 3.27. The molecule has 0 spiro atoms. The quantitative estimate of drug-likeness (QED) is 0.472. The number of hydrogen-bond donors (Lipinski definition) is 1. The molecule has 0 radical (unpaired) electrons. The lowest BCUT2D eigenvalue weighted by atomic mass is 10.2. The van der Waals surface area contributed by atoms with Gasteiger partial charge >= 0.3 is 5.97 Å². The first-order valence-electron chi connectivity index (χ1n) is 5.44. The minimum absolute atomic E-state index is 0.198. The summed E-state index contributed by atoms with van der Waals surface area (Å²) in [5.74, 6) is -0.426. The number of nitrogens with two attached hydrogens (primary N) is 1. The lowest BCUT2D eigenvalue weighted by molar-refractivity contribution is 0.0213. The van der Waals surface area contributed by atoms with Crippen LogP contribution in [-0.2, 0) is 14.2 Å². The van der Waals surface area contributed by atoms with Crippen LogP contribution in [0.25, 0.3) is 0 Å². The number of anilines is 1. The van der Waals surface area contributed by atoms with Crippen LogP contribution in [0.15, 0.2) is 22.7 Å². The summed E-state index contributed by atoms with van der Waals surface area (Å²) in [6.07, 6.45) is 0. The Labute approximate surface area is 114 Å². The summed E-state index contributed by atoms with van der Waals surface area (Å²) in [6.45, 7) is 1.55. The molecule has 6 heteroatoms. The highest BCUT2D eigenvalue weighted by Crippen LogP contribution is 2.20. The SMILES string of the molecule is COCCOCCOC(=O)c1cc(N)ccc1Br. The number of nitrogen functional groups attached to an aromatic ring is 1. The topological polar surface area (TPSA) is 70.8 Å². The maximum absolute atomic E-state index is 11.7. The molecule has 1 aromatic rings. The van der Waals surface area contributed by atoms with Crippen LogP contribution in [0.5, 0.6) is 0 Å². The molecule has 100 valence electrons. The standard InChI is InChI=1S/C12H16BrNO4/c1-16-4-5-17-6-7-18-12(15)10-8-9(14)2-3-11(10)13/h2-3,8H,4-7,14H2,1H3. The monoisotopic (exact) mass is 317 g/mol. The Kier molecular flexibility index (Phi) is 6.70. The smallest absolute Gasteiger partial charge is 0.339 e. The molecule has 0 aliphatic heterocycles. The van der Waals surface area contributed by atoms with Gasteiger partial charge in [-0.1, -0.05) is 0 Å². The fourth-order valence-electron chi connectivity index (χ4n) is 1.21. The molecule has 0 unspecified atom stereocenters. The molecule has 2 N–H and O–H groups in total. The third kappa shape index (κ3) is 5.03. The molecule has 0 aliphatic rings. The summed E-state index contributed by atoms with van der Waals surface area (Å²) in [5.41, 5.74) is 6.53. The van der Waals surface area contributed by atoms with E-state index in [1.807, 2.05) is 0 Å². The van der Waals surface area contributed by atoms with Crippen molar-refractivity contribution in [2.75, 3.05) is 39.3 Å². The van der Waals surface area contributed by atoms with E-state index in [0.29, 0.717) is 35.5 Å². The third-order valence-corrected chi connectivity index (χ3v) is 2.79. The number of methoxy groups -OCH3 is 1. The molecule has 1 aromatic carbocycles. The number of halogens is 1. The van der Waals surface area contributed by atoms with Crippen molar-refractivity contribution in [3.63, 3.8) is 0 Å². The highest BCUT2D eigenvalue weighted by molar-refractivity contribution is 9.10. The van der Waals surface area contributed by atoms with Gasteiger partial charge in [-0.15, -0.1) is 0 Å². The van der Waals surface area contributed by atoms with Gasteiger partial charge in [-0.05, 0) is 34.1 Å². The summed E-state index contributed by atoms with van der Waals surface area (Å²) in [7, 11) is 1.60. The molecule has 0 saturated carbocycles. The highest BCUT2D eigenvalue weighted by atomic mass is 79.9. The zero-order valence-corrected chi connectivity index (χ0v) is 11.7. The van der Waals surface area contributed by atoms with Crippen LogP contribution in [-0.4, -0.2) is 39.5 Å². The Hall–Kier alpha value is -1.11. The van der Waals surface area contributed by atoms with E-state index in [-0.39, 0.29) is 6.61 Å². The summed E-state index contributed by atoms with van der Waals surface area (Å²) in [5, 5.41) is 0. The van der Waals surface area contributed by atoms with Crippen molar-refractivity contribution in [2.24, 2.45) is 0 Å². The van der Waals surface area contributed by atoms with E-state index in [4.69, 9.17) is 19.9 Å². The van der Waals surface area contributed by atoms with Crippen LogP contribution in [0.2, 0.25) is 0 Å². The van der Waals surface area contributed by atoms with E-state index in [1.54, 1.807) is 25.3 Å². The first kappa shape index (κ1) is 14.9. The summed E-state index contributed by atoms with van der Waals surface area (Å²) in [6, 6.07) is 4.98. The van der Waals surface area contributed by atoms with Gasteiger partial charge in [0.25, 0.3) is 0 Å². The largest absolute Gasteiger partial charge is 0.460 e. The number of carbonyl (C=O) groups excluding carboxylic acids is 1. The Morgan fingerprint density at radius 3 is 2.72 bits per heavy atom. The molecule has 0 aromatic heterocycles. The van der Waals surface area contributed by atoms with Crippen molar-refractivity contribution >= 4 is 27.6 Å². The van der Waals surface area contributed by atoms with Crippen LogP contribution in [0.3, 0.4) is 0 Å². The first-order chi connectivity index (χ1) is 8.65. The second kappa shape index (κ2) is 8.07. The van der Waals surface area contributed by atoms with Crippen molar-refractivity contribution in [3.8, 4) is 0 Å². The van der Waals surface area contributed by atoms with Crippen LogP contribution in [0, 0.1) is 0 Å². The lowest BCUT2D eigenvalue weighted by Crippen LogP contribution is -2.13. The first-order valence-corrected chi connectivity index (χ1v) is 6.23. The minimum atomic E-state index is -0.426. The number of carbonyl (C=O) groups is 1. The molecule has 0 bridgehead atoms. The van der Waals surface area contributed by atoms with Gasteiger partial charge in [0.1, 0.15) is 6.61 Å². The number of hydrogen-bond acceptors (Lipinski definition) is 5. The van der Waals surface area contributed by atoms with Crippen molar-refractivity contribution in [1.82, 2.24) is 0 Å². The average molecular weight is 318 g/mol. The van der Waals surface area contributed by atoms with Crippen molar-refractivity contribution in [1.29, 1.82) is 0 Å². The molecule has 0 amide bonds. The molecule has 0 atom stereocenters. The zero-order chi connectivity index (χ0) is 13.4. The van der Waals surface area contributed by atoms with Gasteiger partial charge in [-0.25, -0.2) is 4.79 Å². The molecular formula is C12H16BrNO4. The van der Waals surface area contributed by atoms with Gasteiger partial charge in [0.15, 0.2) is 0 Å². The van der Waals surface area contributed by atoms with Gasteiger partial charge in [0.05, 0.1) is 25.4 Å². The van der Waals surface area contributed by atoms with E-state index >= 15 is 0 Å². The maximum Gasteiger partial charge on any atom is 0.339 e. The maximum atomic E-state index is 11.7. The number of rotatable bonds is 7. The van der Waals surface area contributed by atoms with Gasteiger partial charge in [-0.2, -0.15) is 0 Å². The predicted octanol–water partition coefficient (Wildman–Crippen LogP) is 1.85. The van der Waals surface area contributed by atoms with Crippen molar-refractivity contribution < 1.29 is 19.0 Å². The Bertz CT molecular complexity index is 398.